The van der Waals surface area contributed by atoms with Gasteiger partial charge in [-0.15, -0.1) is 11.3 Å². The molecule has 120 valence electrons. The van der Waals surface area contributed by atoms with Crippen LogP contribution in [-0.4, -0.2) is 24.1 Å². The molecule has 0 saturated heterocycles. The molecule has 0 aliphatic heterocycles. The number of hydrogen-bond acceptors (Lipinski definition) is 4. The predicted molar refractivity (Wildman–Crippen MR) is 93.5 cm³/mol. The average molecular weight is 310 g/mol. The van der Waals surface area contributed by atoms with Gasteiger partial charge in [0.05, 0.1) is 5.69 Å². The molecule has 1 fully saturated rings. The SMILES string of the molecule is CCCCN(c1nc(C2CC2)c(CNCC)s1)C(C)CC. The van der Waals surface area contributed by atoms with E-state index in [1.807, 2.05) is 11.3 Å². The minimum atomic E-state index is 0.585. The number of thiazole rings is 1. The van der Waals surface area contributed by atoms with Gasteiger partial charge in [-0.3, -0.25) is 0 Å². The van der Waals surface area contributed by atoms with E-state index in [2.05, 4.69) is 37.9 Å². The van der Waals surface area contributed by atoms with Crippen LogP contribution in [0.1, 0.15) is 76.3 Å². The van der Waals surface area contributed by atoms with E-state index in [9.17, 15) is 0 Å². The summed E-state index contributed by atoms with van der Waals surface area (Å²) >= 11 is 1.92. The van der Waals surface area contributed by atoms with Crippen LogP contribution in [0.3, 0.4) is 0 Å². The lowest BCUT2D eigenvalue weighted by Crippen LogP contribution is -2.33. The first-order valence-corrected chi connectivity index (χ1v) is 9.49. The zero-order valence-electron chi connectivity index (χ0n) is 14.1. The normalized spacial score (nSPS) is 16.2. The Morgan fingerprint density at radius 2 is 2.10 bits per heavy atom. The Kier molecular flexibility index (Phi) is 6.49. The number of nitrogens with one attached hydrogen (secondary N) is 1. The van der Waals surface area contributed by atoms with Crippen LogP contribution in [0.4, 0.5) is 5.13 Å². The minimum absolute atomic E-state index is 0.585. The van der Waals surface area contributed by atoms with E-state index >= 15 is 0 Å². The minimum Gasteiger partial charge on any atom is -0.345 e. The summed E-state index contributed by atoms with van der Waals surface area (Å²) in [5.41, 5.74) is 1.39. The maximum absolute atomic E-state index is 5.05. The molecule has 1 aliphatic carbocycles. The van der Waals surface area contributed by atoms with Crippen molar-refractivity contribution in [2.45, 2.75) is 78.3 Å². The van der Waals surface area contributed by atoms with Gasteiger partial charge in [0, 0.05) is 29.9 Å². The van der Waals surface area contributed by atoms with Gasteiger partial charge in [-0.1, -0.05) is 27.2 Å². The fourth-order valence-electron chi connectivity index (χ4n) is 2.57. The lowest BCUT2D eigenvalue weighted by molar-refractivity contribution is 0.593. The fraction of sp³-hybridized carbons (Fsp3) is 0.824. The highest BCUT2D eigenvalue weighted by Crippen LogP contribution is 2.44. The van der Waals surface area contributed by atoms with Gasteiger partial charge in [-0.25, -0.2) is 4.98 Å². The van der Waals surface area contributed by atoms with Gasteiger partial charge in [0.15, 0.2) is 5.13 Å². The summed E-state index contributed by atoms with van der Waals surface area (Å²) in [7, 11) is 0. The summed E-state index contributed by atoms with van der Waals surface area (Å²) in [6.07, 6.45) is 6.36. The summed E-state index contributed by atoms with van der Waals surface area (Å²) in [5, 5.41) is 4.74. The van der Waals surface area contributed by atoms with Crippen LogP contribution in [0.2, 0.25) is 0 Å². The Morgan fingerprint density at radius 1 is 1.33 bits per heavy atom. The van der Waals surface area contributed by atoms with Gasteiger partial charge in [0.25, 0.3) is 0 Å². The van der Waals surface area contributed by atoms with Crippen molar-refractivity contribution in [3.05, 3.63) is 10.6 Å². The van der Waals surface area contributed by atoms with Crippen molar-refractivity contribution in [3.63, 3.8) is 0 Å². The molecule has 3 nitrogen and oxygen atoms in total. The molecule has 1 atom stereocenters. The highest BCUT2D eigenvalue weighted by Gasteiger charge is 2.30. The van der Waals surface area contributed by atoms with E-state index in [0.717, 1.165) is 25.6 Å². The first kappa shape index (κ1) is 16.8. The fourth-order valence-corrected chi connectivity index (χ4v) is 3.81. The zero-order valence-corrected chi connectivity index (χ0v) is 14.9. The van der Waals surface area contributed by atoms with Crippen molar-refractivity contribution >= 4 is 16.5 Å². The Bertz CT molecular complexity index is 426. The third-order valence-corrected chi connectivity index (χ3v) is 5.45. The summed E-state index contributed by atoms with van der Waals surface area (Å²) in [4.78, 5) is 9.06. The van der Waals surface area contributed by atoms with Crippen LogP contribution in [-0.2, 0) is 6.54 Å². The van der Waals surface area contributed by atoms with Gasteiger partial charge < -0.3 is 10.2 Å². The molecule has 0 amide bonds. The monoisotopic (exact) mass is 309 g/mol. The van der Waals surface area contributed by atoms with E-state index < -0.39 is 0 Å². The number of unbranched alkanes of at least 4 members (excludes halogenated alkanes) is 1. The second-order valence-electron chi connectivity index (χ2n) is 6.16. The van der Waals surface area contributed by atoms with Crippen LogP contribution in [0.5, 0.6) is 0 Å². The van der Waals surface area contributed by atoms with Gasteiger partial charge in [0.1, 0.15) is 0 Å². The summed E-state index contributed by atoms with van der Waals surface area (Å²) in [6.45, 7) is 12.2. The maximum atomic E-state index is 5.05. The van der Waals surface area contributed by atoms with Crippen molar-refractivity contribution < 1.29 is 0 Å². The zero-order chi connectivity index (χ0) is 15.2. The lowest BCUT2D eigenvalue weighted by atomic mass is 10.2. The Morgan fingerprint density at radius 3 is 2.67 bits per heavy atom. The molecule has 1 heterocycles. The number of rotatable bonds is 10. The molecule has 0 aromatic carbocycles. The Labute approximate surface area is 134 Å². The van der Waals surface area contributed by atoms with Gasteiger partial charge in [0.2, 0.25) is 0 Å². The number of nitrogens with zero attached hydrogens (tertiary/aromatic N) is 2. The maximum Gasteiger partial charge on any atom is 0.186 e. The quantitative estimate of drug-likeness (QED) is 0.688. The summed E-state index contributed by atoms with van der Waals surface area (Å²) < 4.78 is 0. The molecule has 21 heavy (non-hydrogen) atoms. The standard InChI is InChI=1S/C17H31N3S/c1-5-8-11-20(13(4)6-2)17-19-16(14-9-10-14)15(21-17)12-18-7-3/h13-14,18H,5-12H2,1-4H3. The molecule has 2 rings (SSSR count). The molecule has 1 aliphatic rings. The smallest absolute Gasteiger partial charge is 0.186 e. The molecule has 1 N–H and O–H groups in total. The second-order valence-corrected chi connectivity index (χ2v) is 7.23. The van der Waals surface area contributed by atoms with E-state index in [-0.39, 0.29) is 0 Å². The second kappa shape index (κ2) is 8.14. The topological polar surface area (TPSA) is 28.2 Å². The van der Waals surface area contributed by atoms with Gasteiger partial charge in [-0.2, -0.15) is 0 Å². The summed E-state index contributed by atoms with van der Waals surface area (Å²) in [6, 6.07) is 0.585. The first-order chi connectivity index (χ1) is 10.2. The molecule has 1 saturated carbocycles. The number of aromatic nitrogens is 1. The molecule has 1 aromatic heterocycles. The third kappa shape index (κ3) is 4.43. The third-order valence-electron chi connectivity index (χ3n) is 4.34. The number of hydrogen-bond donors (Lipinski definition) is 1. The lowest BCUT2D eigenvalue weighted by Gasteiger charge is -2.28. The molecule has 0 radical (unpaired) electrons. The van der Waals surface area contributed by atoms with Crippen molar-refractivity contribution in [1.29, 1.82) is 0 Å². The van der Waals surface area contributed by atoms with E-state index in [0.29, 0.717) is 6.04 Å². The van der Waals surface area contributed by atoms with Gasteiger partial charge in [-0.05, 0) is 39.2 Å². The van der Waals surface area contributed by atoms with Crippen molar-refractivity contribution in [2.75, 3.05) is 18.0 Å². The Hall–Kier alpha value is -0.610. The van der Waals surface area contributed by atoms with Crippen LogP contribution < -0.4 is 10.2 Å². The molecule has 0 spiro atoms. The highest BCUT2D eigenvalue weighted by molar-refractivity contribution is 7.15. The first-order valence-electron chi connectivity index (χ1n) is 8.68. The van der Waals surface area contributed by atoms with Crippen LogP contribution in [0, 0.1) is 0 Å². The van der Waals surface area contributed by atoms with Crippen LogP contribution in [0.25, 0.3) is 0 Å². The van der Waals surface area contributed by atoms with Crippen LogP contribution >= 0.6 is 11.3 Å². The van der Waals surface area contributed by atoms with Crippen LogP contribution in [0.15, 0.2) is 0 Å². The summed E-state index contributed by atoms with van der Waals surface area (Å²) in [5.74, 6) is 0.744. The average Bonchev–Trinajstić information content (AvgIpc) is 3.26. The Balaban J connectivity index is 2.18. The van der Waals surface area contributed by atoms with Crippen molar-refractivity contribution in [1.82, 2.24) is 10.3 Å². The molecule has 4 heteroatoms. The molecule has 1 aromatic rings. The largest absolute Gasteiger partial charge is 0.345 e. The van der Waals surface area contributed by atoms with Crippen molar-refractivity contribution in [2.24, 2.45) is 0 Å². The highest BCUT2D eigenvalue weighted by atomic mass is 32.1. The van der Waals surface area contributed by atoms with E-state index in [4.69, 9.17) is 4.98 Å². The molecule has 1 unspecified atom stereocenters. The molecular weight excluding hydrogens is 278 g/mol. The van der Waals surface area contributed by atoms with E-state index in [1.54, 1.807) is 0 Å². The van der Waals surface area contributed by atoms with E-state index in [1.165, 1.54) is 47.8 Å². The van der Waals surface area contributed by atoms with Crippen molar-refractivity contribution in [3.8, 4) is 0 Å². The number of anilines is 1. The molecule has 0 bridgehead atoms. The predicted octanol–water partition coefficient (Wildman–Crippen LogP) is 4.54. The van der Waals surface area contributed by atoms with Gasteiger partial charge >= 0.3 is 0 Å². The molecular formula is C17H31N3S.